The molecule has 1 amide bonds. The van der Waals surface area contributed by atoms with E-state index in [9.17, 15) is 9.90 Å². The molecule has 7 heteroatoms. The molecule has 0 saturated heterocycles. The normalized spacial score (nSPS) is 21.2. The van der Waals surface area contributed by atoms with Crippen molar-refractivity contribution in [1.29, 1.82) is 0 Å². The SMILES string of the molecule is Cc1nc(C(=O)NC2CCC(O)CC2)nn1-c1ccc(Cl)cc1. The highest BCUT2D eigenvalue weighted by Gasteiger charge is 2.23. The van der Waals surface area contributed by atoms with Gasteiger partial charge >= 0.3 is 0 Å². The third-order valence-corrected chi connectivity index (χ3v) is 4.33. The zero-order valence-corrected chi connectivity index (χ0v) is 13.6. The lowest BCUT2D eigenvalue weighted by molar-refractivity contribution is 0.0858. The van der Waals surface area contributed by atoms with Crippen molar-refractivity contribution >= 4 is 17.5 Å². The van der Waals surface area contributed by atoms with Crippen molar-refractivity contribution in [3.05, 3.63) is 40.9 Å². The van der Waals surface area contributed by atoms with Crippen molar-refractivity contribution in [2.75, 3.05) is 0 Å². The molecule has 1 heterocycles. The van der Waals surface area contributed by atoms with Crippen LogP contribution >= 0.6 is 11.6 Å². The van der Waals surface area contributed by atoms with Gasteiger partial charge in [-0.1, -0.05) is 11.6 Å². The van der Waals surface area contributed by atoms with Gasteiger partial charge in [-0.25, -0.2) is 9.67 Å². The molecule has 3 rings (SSSR count). The number of aryl methyl sites for hydroxylation is 1. The molecule has 1 fully saturated rings. The number of aliphatic hydroxyl groups excluding tert-OH is 1. The van der Waals surface area contributed by atoms with Gasteiger partial charge in [0.25, 0.3) is 5.91 Å². The van der Waals surface area contributed by atoms with E-state index in [0.29, 0.717) is 10.8 Å². The number of halogens is 1. The molecule has 0 atom stereocenters. The molecule has 1 aromatic carbocycles. The van der Waals surface area contributed by atoms with E-state index in [4.69, 9.17) is 11.6 Å². The van der Waals surface area contributed by atoms with Gasteiger partial charge in [0, 0.05) is 11.1 Å². The Morgan fingerprint density at radius 1 is 1.26 bits per heavy atom. The number of hydrogen-bond donors (Lipinski definition) is 2. The van der Waals surface area contributed by atoms with Crippen LogP contribution in [0.1, 0.15) is 42.1 Å². The molecule has 2 aromatic rings. The van der Waals surface area contributed by atoms with Gasteiger partial charge in [-0.3, -0.25) is 4.79 Å². The summed E-state index contributed by atoms with van der Waals surface area (Å²) in [7, 11) is 0. The van der Waals surface area contributed by atoms with Crippen LogP contribution in [0.15, 0.2) is 24.3 Å². The van der Waals surface area contributed by atoms with Crippen LogP contribution in [0.5, 0.6) is 0 Å². The molecule has 2 N–H and O–H groups in total. The number of hydrogen-bond acceptors (Lipinski definition) is 4. The third-order valence-electron chi connectivity index (χ3n) is 4.08. The van der Waals surface area contributed by atoms with Crippen LogP contribution in [-0.2, 0) is 0 Å². The largest absolute Gasteiger partial charge is 0.393 e. The quantitative estimate of drug-likeness (QED) is 0.902. The van der Waals surface area contributed by atoms with Crippen LogP contribution < -0.4 is 5.32 Å². The summed E-state index contributed by atoms with van der Waals surface area (Å²) in [5, 5.41) is 17.4. The standard InChI is InChI=1S/C16H19ClN4O2/c1-10-18-15(16(23)19-12-4-8-14(22)9-5-12)20-21(10)13-6-2-11(17)3-7-13/h2-3,6-7,12,14,22H,4-5,8-9H2,1H3,(H,19,23). The highest BCUT2D eigenvalue weighted by Crippen LogP contribution is 2.19. The lowest BCUT2D eigenvalue weighted by atomic mass is 9.93. The Bertz CT molecular complexity index is 691. The number of amides is 1. The Kier molecular flexibility index (Phi) is 4.63. The minimum Gasteiger partial charge on any atom is -0.393 e. The molecular formula is C16H19ClN4O2. The highest BCUT2D eigenvalue weighted by atomic mass is 35.5. The molecule has 0 bridgehead atoms. The van der Waals surface area contributed by atoms with E-state index < -0.39 is 0 Å². The second-order valence-electron chi connectivity index (χ2n) is 5.85. The first-order valence-corrected chi connectivity index (χ1v) is 8.09. The third kappa shape index (κ3) is 3.71. The molecular weight excluding hydrogens is 316 g/mol. The monoisotopic (exact) mass is 334 g/mol. The predicted molar refractivity (Wildman–Crippen MR) is 86.8 cm³/mol. The number of benzene rings is 1. The fourth-order valence-electron chi connectivity index (χ4n) is 2.78. The maximum atomic E-state index is 12.3. The molecule has 0 unspecified atom stereocenters. The molecule has 0 spiro atoms. The zero-order chi connectivity index (χ0) is 16.4. The summed E-state index contributed by atoms with van der Waals surface area (Å²) in [5.41, 5.74) is 0.805. The van der Waals surface area contributed by atoms with Crippen molar-refractivity contribution < 1.29 is 9.90 Å². The summed E-state index contributed by atoms with van der Waals surface area (Å²) in [5.74, 6) is 0.516. The Hall–Kier alpha value is -1.92. The fraction of sp³-hybridized carbons (Fsp3) is 0.438. The van der Waals surface area contributed by atoms with Crippen LogP contribution in [0, 0.1) is 6.92 Å². The highest BCUT2D eigenvalue weighted by molar-refractivity contribution is 6.30. The van der Waals surface area contributed by atoms with Crippen molar-refractivity contribution in [2.45, 2.75) is 44.8 Å². The maximum Gasteiger partial charge on any atom is 0.291 e. The molecule has 0 radical (unpaired) electrons. The van der Waals surface area contributed by atoms with E-state index in [1.165, 1.54) is 0 Å². The summed E-state index contributed by atoms with van der Waals surface area (Å²) in [6, 6.07) is 7.27. The minimum absolute atomic E-state index is 0.0775. The number of rotatable bonds is 3. The number of nitrogens with one attached hydrogen (secondary N) is 1. The van der Waals surface area contributed by atoms with E-state index >= 15 is 0 Å². The number of nitrogens with zero attached hydrogens (tertiary/aromatic N) is 3. The van der Waals surface area contributed by atoms with Gasteiger partial charge in [0.15, 0.2) is 0 Å². The van der Waals surface area contributed by atoms with Gasteiger partial charge in [0.05, 0.1) is 11.8 Å². The molecule has 6 nitrogen and oxygen atoms in total. The van der Waals surface area contributed by atoms with Gasteiger partial charge in [-0.05, 0) is 56.9 Å². The van der Waals surface area contributed by atoms with E-state index in [0.717, 1.165) is 31.4 Å². The first-order valence-electron chi connectivity index (χ1n) is 7.71. The van der Waals surface area contributed by atoms with E-state index in [2.05, 4.69) is 15.4 Å². The Morgan fingerprint density at radius 2 is 1.91 bits per heavy atom. The second kappa shape index (κ2) is 6.68. The first-order chi connectivity index (χ1) is 11.0. The lowest BCUT2D eigenvalue weighted by Crippen LogP contribution is -2.39. The van der Waals surface area contributed by atoms with Crippen molar-refractivity contribution in [3.8, 4) is 5.69 Å². The molecule has 1 aliphatic rings. The van der Waals surface area contributed by atoms with E-state index in [1.54, 1.807) is 23.7 Å². The molecule has 1 aromatic heterocycles. The Balaban J connectivity index is 1.72. The summed E-state index contributed by atoms with van der Waals surface area (Å²) < 4.78 is 1.62. The van der Waals surface area contributed by atoms with Gasteiger partial charge in [0.1, 0.15) is 5.82 Å². The molecule has 0 aliphatic heterocycles. The Morgan fingerprint density at radius 3 is 2.57 bits per heavy atom. The maximum absolute atomic E-state index is 12.3. The Labute approximate surface area is 139 Å². The topological polar surface area (TPSA) is 80.0 Å². The number of carbonyl (C=O) groups is 1. The average Bonchev–Trinajstić information content (AvgIpc) is 2.92. The molecule has 1 aliphatic carbocycles. The lowest BCUT2D eigenvalue weighted by Gasteiger charge is -2.25. The summed E-state index contributed by atoms with van der Waals surface area (Å²) >= 11 is 5.89. The van der Waals surface area contributed by atoms with Crippen molar-refractivity contribution in [2.24, 2.45) is 0 Å². The van der Waals surface area contributed by atoms with Crippen molar-refractivity contribution in [3.63, 3.8) is 0 Å². The fourth-order valence-corrected chi connectivity index (χ4v) is 2.91. The van der Waals surface area contributed by atoms with Crippen molar-refractivity contribution in [1.82, 2.24) is 20.1 Å². The van der Waals surface area contributed by atoms with Crippen LogP contribution in [0.2, 0.25) is 5.02 Å². The van der Waals surface area contributed by atoms with Crippen LogP contribution in [0.25, 0.3) is 5.69 Å². The van der Waals surface area contributed by atoms with Gasteiger partial charge < -0.3 is 10.4 Å². The average molecular weight is 335 g/mol. The number of aromatic nitrogens is 3. The van der Waals surface area contributed by atoms with Gasteiger partial charge in [-0.2, -0.15) is 0 Å². The first kappa shape index (κ1) is 16.0. The second-order valence-corrected chi connectivity index (χ2v) is 6.29. The molecule has 1 saturated carbocycles. The summed E-state index contributed by atoms with van der Waals surface area (Å²) in [6.07, 6.45) is 2.76. The predicted octanol–water partition coefficient (Wildman–Crippen LogP) is 2.26. The zero-order valence-electron chi connectivity index (χ0n) is 12.9. The van der Waals surface area contributed by atoms with E-state index in [1.807, 2.05) is 12.1 Å². The minimum atomic E-state index is -0.276. The summed E-state index contributed by atoms with van der Waals surface area (Å²) in [4.78, 5) is 16.6. The number of aliphatic hydroxyl groups is 1. The number of carbonyl (C=O) groups excluding carboxylic acids is 1. The smallest absolute Gasteiger partial charge is 0.291 e. The van der Waals surface area contributed by atoms with Crippen LogP contribution in [-0.4, -0.2) is 37.9 Å². The van der Waals surface area contributed by atoms with Gasteiger partial charge in [-0.15, -0.1) is 5.10 Å². The molecule has 23 heavy (non-hydrogen) atoms. The van der Waals surface area contributed by atoms with Gasteiger partial charge in [0.2, 0.25) is 5.82 Å². The van der Waals surface area contributed by atoms with Crippen LogP contribution in [0.4, 0.5) is 0 Å². The molecule has 122 valence electrons. The van der Waals surface area contributed by atoms with Crippen LogP contribution in [0.3, 0.4) is 0 Å². The summed E-state index contributed by atoms with van der Waals surface area (Å²) in [6.45, 7) is 1.80. The van der Waals surface area contributed by atoms with E-state index in [-0.39, 0.29) is 23.9 Å².